The maximum Gasteiger partial charge on any atom is 0.293 e. The molecule has 0 aliphatic carbocycles. The molecule has 0 spiro atoms. The van der Waals surface area contributed by atoms with Gasteiger partial charge in [0.25, 0.3) is 16.1 Å². The van der Waals surface area contributed by atoms with Crippen LogP contribution in [0.4, 0.5) is 0 Å². The highest BCUT2D eigenvalue weighted by Gasteiger charge is 2.28. The van der Waals surface area contributed by atoms with E-state index in [4.69, 9.17) is 5.14 Å². The second-order valence-electron chi connectivity index (χ2n) is 4.59. The number of aromatic nitrogens is 3. The van der Waals surface area contributed by atoms with E-state index in [1.165, 1.54) is 4.90 Å². The second kappa shape index (κ2) is 5.85. The first-order valence-corrected chi connectivity index (χ1v) is 7.90. The first kappa shape index (κ1) is 14.9. The van der Waals surface area contributed by atoms with Crippen LogP contribution in [-0.4, -0.2) is 64.9 Å². The van der Waals surface area contributed by atoms with E-state index in [1.807, 2.05) is 6.92 Å². The summed E-state index contributed by atoms with van der Waals surface area (Å²) in [7, 11) is -3.68. The number of hydrogen-bond donors (Lipinski definition) is 2. The Hall–Kier alpha value is -1.52. The Morgan fingerprint density at radius 2 is 2.00 bits per heavy atom. The topological polar surface area (TPSA) is 125 Å². The molecule has 0 unspecified atom stereocenters. The van der Waals surface area contributed by atoms with Crippen molar-refractivity contribution in [2.75, 3.05) is 26.2 Å². The Kier molecular flexibility index (Phi) is 4.35. The van der Waals surface area contributed by atoms with E-state index in [1.54, 1.807) is 0 Å². The largest absolute Gasteiger partial charge is 0.333 e. The van der Waals surface area contributed by atoms with E-state index in [0.717, 1.165) is 17.1 Å². The van der Waals surface area contributed by atoms with Crippen molar-refractivity contribution in [1.82, 2.24) is 24.4 Å². The van der Waals surface area contributed by atoms with Crippen LogP contribution in [-0.2, 0) is 16.6 Å². The number of rotatable bonds is 4. The van der Waals surface area contributed by atoms with Crippen LogP contribution in [0.15, 0.2) is 0 Å². The van der Waals surface area contributed by atoms with Gasteiger partial charge in [-0.2, -0.15) is 12.7 Å². The van der Waals surface area contributed by atoms with Crippen LogP contribution >= 0.6 is 0 Å². The molecular formula is C10H18N6O3S. The van der Waals surface area contributed by atoms with Gasteiger partial charge in [-0.25, -0.2) is 10.1 Å². The van der Waals surface area contributed by atoms with Crippen molar-refractivity contribution in [2.45, 2.75) is 19.8 Å². The molecule has 2 heterocycles. The monoisotopic (exact) mass is 302 g/mol. The van der Waals surface area contributed by atoms with Gasteiger partial charge in [0.1, 0.15) is 5.82 Å². The fourth-order valence-electron chi connectivity index (χ4n) is 2.03. The molecule has 0 atom stereocenters. The number of H-pyrrole nitrogens is 1. The van der Waals surface area contributed by atoms with E-state index in [-0.39, 0.29) is 37.9 Å². The molecule has 112 valence electrons. The predicted octanol–water partition coefficient (Wildman–Crippen LogP) is -1.28. The molecule has 10 heteroatoms. The predicted molar refractivity (Wildman–Crippen MR) is 71.0 cm³/mol. The summed E-state index contributed by atoms with van der Waals surface area (Å²) in [6.07, 6.45) is 1.65. The number of amides is 1. The summed E-state index contributed by atoms with van der Waals surface area (Å²) in [5.74, 6) is 0.509. The minimum atomic E-state index is -3.68. The number of carbonyl (C=O) groups is 1. The van der Waals surface area contributed by atoms with E-state index in [2.05, 4.69) is 15.2 Å². The number of nitrogens with zero attached hydrogens (tertiary/aromatic N) is 4. The van der Waals surface area contributed by atoms with Gasteiger partial charge in [-0.15, -0.1) is 5.10 Å². The molecule has 1 aliphatic rings. The highest BCUT2D eigenvalue weighted by atomic mass is 32.2. The van der Waals surface area contributed by atoms with E-state index in [9.17, 15) is 13.2 Å². The van der Waals surface area contributed by atoms with Gasteiger partial charge in [0.15, 0.2) is 0 Å². The van der Waals surface area contributed by atoms with E-state index >= 15 is 0 Å². The van der Waals surface area contributed by atoms with Gasteiger partial charge in [0, 0.05) is 32.6 Å². The number of aryl methyl sites for hydroxylation is 1. The molecule has 1 fully saturated rings. The SMILES string of the molecule is CCCc1nc(C(=O)N2CCN(S(N)(=O)=O)CC2)n[nH]1. The molecule has 20 heavy (non-hydrogen) atoms. The maximum atomic E-state index is 12.2. The fraction of sp³-hybridized carbons (Fsp3) is 0.700. The molecule has 0 radical (unpaired) electrons. The third kappa shape index (κ3) is 3.32. The third-order valence-corrected chi connectivity index (χ3v) is 4.18. The van der Waals surface area contributed by atoms with Crippen LogP contribution in [0.5, 0.6) is 0 Å². The minimum absolute atomic E-state index is 0.123. The van der Waals surface area contributed by atoms with Gasteiger partial charge in [-0.1, -0.05) is 6.92 Å². The van der Waals surface area contributed by atoms with Crippen molar-refractivity contribution >= 4 is 16.1 Å². The van der Waals surface area contributed by atoms with Crippen molar-refractivity contribution < 1.29 is 13.2 Å². The summed E-state index contributed by atoms with van der Waals surface area (Å²) in [5.41, 5.74) is 0. The normalized spacial score (nSPS) is 17.4. The Bertz CT molecular complexity index is 576. The average Bonchev–Trinajstić information content (AvgIpc) is 2.86. The lowest BCUT2D eigenvalue weighted by atomic mass is 10.3. The first-order valence-electron chi connectivity index (χ1n) is 6.40. The second-order valence-corrected chi connectivity index (χ2v) is 6.14. The van der Waals surface area contributed by atoms with Gasteiger partial charge < -0.3 is 4.90 Å². The molecule has 2 rings (SSSR count). The summed E-state index contributed by atoms with van der Waals surface area (Å²) < 4.78 is 23.5. The summed E-state index contributed by atoms with van der Waals surface area (Å²) in [6, 6.07) is 0. The van der Waals surface area contributed by atoms with Crippen molar-refractivity contribution in [3.8, 4) is 0 Å². The minimum Gasteiger partial charge on any atom is -0.333 e. The number of nitrogens with two attached hydrogens (primary N) is 1. The Morgan fingerprint density at radius 1 is 1.35 bits per heavy atom. The molecule has 1 aromatic heterocycles. The van der Waals surface area contributed by atoms with Crippen LogP contribution in [0.25, 0.3) is 0 Å². The zero-order valence-electron chi connectivity index (χ0n) is 11.2. The smallest absolute Gasteiger partial charge is 0.293 e. The number of aromatic amines is 1. The third-order valence-electron chi connectivity index (χ3n) is 3.10. The summed E-state index contributed by atoms with van der Waals surface area (Å²) in [5, 5.41) is 11.7. The Morgan fingerprint density at radius 3 is 2.55 bits per heavy atom. The quantitative estimate of drug-likeness (QED) is 0.716. The van der Waals surface area contributed by atoms with Gasteiger partial charge in [0.2, 0.25) is 5.82 Å². The zero-order chi connectivity index (χ0) is 14.8. The standard InChI is InChI=1S/C10H18N6O3S/c1-2-3-8-12-9(14-13-8)10(17)15-4-6-16(7-5-15)20(11,18)19/h2-7H2,1H3,(H2,11,18,19)(H,12,13,14). The van der Waals surface area contributed by atoms with Crippen LogP contribution in [0.3, 0.4) is 0 Å². The van der Waals surface area contributed by atoms with Crippen molar-refractivity contribution in [3.63, 3.8) is 0 Å². The molecule has 1 saturated heterocycles. The molecule has 1 aliphatic heterocycles. The highest BCUT2D eigenvalue weighted by Crippen LogP contribution is 2.08. The number of piperazine rings is 1. The van der Waals surface area contributed by atoms with Crippen LogP contribution in [0, 0.1) is 0 Å². The van der Waals surface area contributed by atoms with Crippen LogP contribution in [0.1, 0.15) is 29.8 Å². The van der Waals surface area contributed by atoms with Crippen LogP contribution < -0.4 is 5.14 Å². The Labute approximate surface area is 117 Å². The van der Waals surface area contributed by atoms with E-state index in [0.29, 0.717) is 5.82 Å². The molecule has 9 nitrogen and oxygen atoms in total. The average molecular weight is 302 g/mol. The van der Waals surface area contributed by atoms with Crippen LogP contribution in [0.2, 0.25) is 0 Å². The molecule has 1 amide bonds. The molecule has 3 N–H and O–H groups in total. The first-order chi connectivity index (χ1) is 9.41. The Balaban J connectivity index is 1.97. The molecule has 0 bridgehead atoms. The number of hydrogen-bond acceptors (Lipinski definition) is 5. The van der Waals surface area contributed by atoms with Crippen molar-refractivity contribution in [3.05, 3.63) is 11.6 Å². The summed E-state index contributed by atoms with van der Waals surface area (Å²) in [6.45, 7) is 2.96. The fourth-order valence-corrected chi connectivity index (χ4v) is 2.70. The lowest BCUT2D eigenvalue weighted by Gasteiger charge is -2.32. The molecule has 1 aromatic rings. The molecule has 0 aromatic carbocycles. The van der Waals surface area contributed by atoms with Crippen molar-refractivity contribution in [1.29, 1.82) is 0 Å². The lowest BCUT2D eigenvalue weighted by molar-refractivity contribution is 0.0686. The van der Waals surface area contributed by atoms with E-state index < -0.39 is 10.2 Å². The number of nitrogens with one attached hydrogen (secondary N) is 1. The summed E-state index contributed by atoms with van der Waals surface area (Å²) in [4.78, 5) is 17.8. The molecule has 0 saturated carbocycles. The van der Waals surface area contributed by atoms with Gasteiger partial charge >= 0.3 is 0 Å². The number of carbonyl (C=O) groups excluding carboxylic acids is 1. The summed E-state index contributed by atoms with van der Waals surface area (Å²) >= 11 is 0. The molecular weight excluding hydrogens is 284 g/mol. The highest BCUT2D eigenvalue weighted by molar-refractivity contribution is 7.86. The maximum absolute atomic E-state index is 12.2. The van der Waals surface area contributed by atoms with Gasteiger partial charge in [-0.05, 0) is 6.42 Å². The van der Waals surface area contributed by atoms with Crippen molar-refractivity contribution in [2.24, 2.45) is 5.14 Å². The van der Waals surface area contributed by atoms with Gasteiger partial charge in [-0.3, -0.25) is 9.89 Å². The lowest BCUT2D eigenvalue weighted by Crippen LogP contribution is -2.52. The van der Waals surface area contributed by atoms with Gasteiger partial charge in [0.05, 0.1) is 0 Å². The zero-order valence-corrected chi connectivity index (χ0v) is 12.1.